The number of hydrogen-bond acceptors (Lipinski definition) is 5. The van der Waals surface area contributed by atoms with Crippen LogP contribution in [-0.2, 0) is 17.7 Å². The van der Waals surface area contributed by atoms with Crippen molar-refractivity contribution in [2.24, 2.45) is 0 Å². The summed E-state index contributed by atoms with van der Waals surface area (Å²) in [6, 6.07) is 13.3. The lowest BCUT2D eigenvalue weighted by Crippen LogP contribution is -2.39. The van der Waals surface area contributed by atoms with E-state index in [4.69, 9.17) is 18.6 Å². The predicted octanol–water partition coefficient (Wildman–Crippen LogP) is 5.53. The lowest BCUT2D eigenvalue weighted by molar-refractivity contribution is 0.0220. The highest BCUT2D eigenvalue weighted by Crippen LogP contribution is 2.40. The van der Waals surface area contributed by atoms with Crippen molar-refractivity contribution in [1.82, 2.24) is 4.90 Å². The summed E-state index contributed by atoms with van der Waals surface area (Å²) in [7, 11) is 1.61. The number of methoxy groups -OCH3 is 1. The molecule has 6 heteroatoms. The molecule has 1 aromatic heterocycles. The van der Waals surface area contributed by atoms with Crippen molar-refractivity contribution in [2.75, 3.05) is 13.7 Å². The summed E-state index contributed by atoms with van der Waals surface area (Å²) in [5.74, 6) is 2.86. The maximum atomic E-state index is 12.5. The molecule has 152 valence electrons. The number of nitrogens with zero attached hydrogens (tertiary/aromatic N) is 1. The summed E-state index contributed by atoms with van der Waals surface area (Å²) in [5.41, 5.74) is 1.10. The van der Waals surface area contributed by atoms with Crippen LogP contribution < -0.4 is 9.47 Å². The smallest absolute Gasteiger partial charge is 0.410 e. The van der Waals surface area contributed by atoms with E-state index in [1.54, 1.807) is 12.0 Å². The van der Waals surface area contributed by atoms with Gasteiger partial charge in [-0.3, -0.25) is 0 Å². The number of furan rings is 1. The molecule has 0 fully saturated rings. The first kappa shape index (κ1) is 19.2. The summed E-state index contributed by atoms with van der Waals surface area (Å²) >= 11 is 0. The van der Waals surface area contributed by atoms with Gasteiger partial charge >= 0.3 is 6.09 Å². The Balaban J connectivity index is 1.69. The molecule has 29 heavy (non-hydrogen) atoms. The standard InChI is InChI=1S/C23H25NO5/c1-23(2,3)29-22(25)24-11-10-19-18(14-24)17-12-16(13-20(26-4)21(17)28-19)27-15-8-6-5-7-9-15/h5-9,12-13H,10-11,14H2,1-4H3. The van der Waals surface area contributed by atoms with Gasteiger partial charge in [0.25, 0.3) is 0 Å². The van der Waals surface area contributed by atoms with Crippen molar-refractivity contribution < 1.29 is 23.4 Å². The summed E-state index contributed by atoms with van der Waals surface area (Å²) in [6.07, 6.45) is 0.308. The number of fused-ring (bicyclic) bond motifs is 3. The Labute approximate surface area is 170 Å². The molecule has 2 aromatic carbocycles. The molecule has 0 unspecified atom stereocenters. The van der Waals surface area contributed by atoms with Crippen LogP contribution in [0, 0.1) is 0 Å². The highest BCUT2D eigenvalue weighted by molar-refractivity contribution is 5.89. The fraction of sp³-hybridized carbons (Fsp3) is 0.348. The molecule has 0 radical (unpaired) electrons. The summed E-state index contributed by atoms with van der Waals surface area (Å²) in [4.78, 5) is 14.2. The second-order valence-electron chi connectivity index (χ2n) is 8.07. The van der Waals surface area contributed by atoms with Crippen molar-refractivity contribution in [2.45, 2.75) is 39.3 Å². The van der Waals surface area contributed by atoms with E-state index < -0.39 is 5.60 Å². The molecule has 0 spiro atoms. The molecule has 0 saturated carbocycles. The molecular formula is C23H25NO5. The van der Waals surface area contributed by atoms with Gasteiger partial charge in [0.2, 0.25) is 0 Å². The molecule has 3 aromatic rings. The molecule has 1 amide bonds. The monoisotopic (exact) mass is 395 g/mol. The van der Waals surface area contributed by atoms with Gasteiger partial charge in [-0.2, -0.15) is 0 Å². The molecule has 6 nitrogen and oxygen atoms in total. The molecule has 2 heterocycles. The molecule has 1 aliphatic rings. The van der Waals surface area contributed by atoms with Gasteiger partial charge in [-0.05, 0) is 39.0 Å². The Kier molecular flexibility index (Phi) is 4.86. The van der Waals surface area contributed by atoms with Gasteiger partial charge in [-0.15, -0.1) is 0 Å². The SMILES string of the molecule is COc1cc(Oc2ccccc2)cc2c3c(oc12)CCN(C(=O)OC(C)(C)C)C3. The van der Waals surface area contributed by atoms with Gasteiger partial charge in [0.15, 0.2) is 11.3 Å². The Bertz CT molecular complexity index is 1030. The molecule has 4 rings (SSSR count). The van der Waals surface area contributed by atoms with Crippen molar-refractivity contribution in [3.63, 3.8) is 0 Å². The van der Waals surface area contributed by atoms with Crippen molar-refractivity contribution >= 4 is 17.1 Å². The number of ether oxygens (including phenoxy) is 3. The highest BCUT2D eigenvalue weighted by Gasteiger charge is 2.30. The summed E-state index contributed by atoms with van der Waals surface area (Å²) < 4.78 is 23.2. The van der Waals surface area contributed by atoms with Gasteiger partial charge in [-0.1, -0.05) is 18.2 Å². The Hall–Kier alpha value is -3.15. The van der Waals surface area contributed by atoms with Crippen molar-refractivity contribution in [1.29, 1.82) is 0 Å². The van der Waals surface area contributed by atoms with E-state index in [0.29, 0.717) is 36.6 Å². The fourth-order valence-corrected chi connectivity index (χ4v) is 3.44. The molecule has 0 aliphatic carbocycles. The first-order valence-corrected chi connectivity index (χ1v) is 9.67. The van der Waals surface area contributed by atoms with Crippen molar-refractivity contribution in [3.05, 3.63) is 53.8 Å². The van der Waals surface area contributed by atoms with Gasteiger partial charge in [0.05, 0.1) is 13.7 Å². The minimum Gasteiger partial charge on any atom is -0.493 e. The third-order valence-corrected chi connectivity index (χ3v) is 4.72. The minimum absolute atomic E-state index is 0.318. The maximum Gasteiger partial charge on any atom is 0.410 e. The summed E-state index contributed by atoms with van der Waals surface area (Å²) in [6.45, 7) is 6.58. The van der Waals surface area contributed by atoms with Crippen LogP contribution in [0.3, 0.4) is 0 Å². The Morgan fingerprint density at radius 2 is 1.86 bits per heavy atom. The van der Waals surface area contributed by atoms with Crippen LogP contribution in [0.4, 0.5) is 4.79 Å². The first-order chi connectivity index (χ1) is 13.8. The highest BCUT2D eigenvalue weighted by atomic mass is 16.6. The van der Waals surface area contributed by atoms with Crippen LogP contribution in [0.15, 0.2) is 46.9 Å². The van der Waals surface area contributed by atoms with Crippen LogP contribution in [0.5, 0.6) is 17.2 Å². The number of rotatable bonds is 3. The average Bonchev–Trinajstić information content (AvgIpc) is 3.05. The summed E-state index contributed by atoms with van der Waals surface area (Å²) in [5, 5.41) is 0.888. The fourth-order valence-electron chi connectivity index (χ4n) is 3.44. The van der Waals surface area contributed by atoms with Crippen LogP contribution >= 0.6 is 0 Å². The normalized spacial score (nSPS) is 13.9. The number of carbonyl (C=O) groups excluding carboxylic acids is 1. The Morgan fingerprint density at radius 1 is 1.10 bits per heavy atom. The second kappa shape index (κ2) is 7.35. The number of benzene rings is 2. The molecule has 0 atom stereocenters. The van der Waals surface area contributed by atoms with E-state index >= 15 is 0 Å². The van der Waals surface area contributed by atoms with Gasteiger partial charge in [-0.25, -0.2) is 4.79 Å². The van der Waals surface area contributed by atoms with E-state index in [1.165, 1.54) is 0 Å². The van der Waals surface area contributed by atoms with E-state index in [-0.39, 0.29) is 6.09 Å². The lowest BCUT2D eigenvalue weighted by atomic mass is 10.0. The lowest BCUT2D eigenvalue weighted by Gasteiger charge is -2.29. The number of hydrogen-bond donors (Lipinski definition) is 0. The molecule has 0 saturated heterocycles. The zero-order valence-corrected chi connectivity index (χ0v) is 17.2. The predicted molar refractivity (Wildman–Crippen MR) is 110 cm³/mol. The zero-order valence-electron chi connectivity index (χ0n) is 17.2. The van der Waals surface area contributed by atoms with Crippen LogP contribution in [0.25, 0.3) is 11.0 Å². The first-order valence-electron chi connectivity index (χ1n) is 9.67. The van der Waals surface area contributed by atoms with Crippen LogP contribution in [0.2, 0.25) is 0 Å². The minimum atomic E-state index is -0.532. The zero-order chi connectivity index (χ0) is 20.6. The molecular weight excluding hydrogens is 370 g/mol. The Morgan fingerprint density at radius 3 is 2.55 bits per heavy atom. The topological polar surface area (TPSA) is 61.1 Å². The number of para-hydroxylation sites is 1. The third-order valence-electron chi connectivity index (χ3n) is 4.72. The number of carbonyl (C=O) groups is 1. The molecule has 0 bridgehead atoms. The van der Waals surface area contributed by atoms with Gasteiger partial charge in [0.1, 0.15) is 22.9 Å². The second-order valence-corrected chi connectivity index (χ2v) is 8.07. The third kappa shape index (κ3) is 4.01. The van der Waals surface area contributed by atoms with Gasteiger partial charge < -0.3 is 23.5 Å². The van der Waals surface area contributed by atoms with E-state index in [2.05, 4.69) is 0 Å². The maximum absolute atomic E-state index is 12.5. The van der Waals surface area contributed by atoms with Gasteiger partial charge in [0, 0.05) is 30.0 Å². The van der Waals surface area contributed by atoms with E-state index in [1.807, 2.05) is 63.2 Å². The molecule has 0 N–H and O–H groups in total. The van der Waals surface area contributed by atoms with Crippen molar-refractivity contribution in [3.8, 4) is 17.2 Å². The molecule has 1 aliphatic heterocycles. The largest absolute Gasteiger partial charge is 0.493 e. The quantitative estimate of drug-likeness (QED) is 0.584. The van der Waals surface area contributed by atoms with E-state index in [0.717, 1.165) is 22.5 Å². The van der Waals surface area contributed by atoms with Crippen LogP contribution in [0.1, 0.15) is 32.1 Å². The number of amides is 1. The van der Waals surface area contributed by atoms with E-state index in [9.17, 15) is 4.79 Å². The van der Waals surface area contributed by atoms with Crippen LogP contribution in [-0.4, -0.2) is 30.2 Å². The average molecular weight is 395 g/mol.